The van der Waals surface area contributed by atoms with Gasteiger partial charge in [-0.3, -0.25) is 19.8 Å². The number of nitrogens with zero attached hydrogens (tertiary/aromatic N) is 11. The smallest absolute Gasteiger partial charge is 0.410 e. The molecule has 1 aliphatic rings. The van der Waals surface area contributed by atoms with Gasteiger partial charge in [-0.1, -0.05) is 72.9 Å². The molecule has 0 saturated carbocycles. The molecule has 0 bridgehead atoms. The molecule has 0 aliphatic carbocycles. The number of nitrogen functional groups attached to an aromatic ring is 1. The van der Waals surface area contributed by atoms with Crippen LogP contribution >= 0.6 is 22.7 Å². The highest BCUT2D eigenvalue weighted by Crippen LogP contribution is 2.31. The molecule has 0 radical (unpaired) electrons. The maximum absolute atomic E-state index is 14.0. The van der Waals surface area contributed by atoms with Crippen molar-refractivity contribution in [2.45, 2.75) is 105 Å². The minimum absolute atomic E-state index is 0.0215. The third-order valence-electron chi connectivity index (χ3n) is 12.6. The molecule has 0 fully saturated rings. The average Bonchev–Trinajstić information content (AvgIpc) is 4.38. The number of fused-ring (bicyclic) bond motifs is 3. The SMILES string of the molecule is CC(CN(CCc1nc2c(NCc3ncccc3F)ncnc2s1)C(=O)OC(C)(C)C)C(=O)Cc1ccccc1N.CC(CN(CCc1nc2c(NCc3ncccc3F)ncnc2s1)C(=O)OC(C)(C)C)C1=Nc2ccccc2C1. The highest BCUT2D eigenvalue weighted by atomic mass is 32.1. The highest BCUT2D eigenvalue weighted by Gasteiger charge is 2.29. The average molecular weight is 1140 g/mol. The molecule has 2 atom stereocenters. The molecule has 2 aromatic carbocycles. The van der Waals surface area contributed by atoms with E-state index in [0.717, 1.165) is 33.4 Å². The third-order valence-corrected chi connectivity index (χ3v) is 14.7. The lowest BCUT2D eigenvalue weighted by Gasteiger charge is -2.29. The van der Waals surface area contributed by atoms with E-state index in [2.05, 4.69) is 53.5 Å². The number of Topliss-reactive ketones (excluding diaryl/α,β-unsaturated/α-hetero) is 1. The van der Waals surface area contributed by atoms with Gasteiger partial charge in [-0.2, -0.15) is 0 Å². The number of carbonyl (C=O) groups is 3. The summed E-state index contributed by atoms with van der Waals surface area (Å²) in [6.07, 6.45) is 6.99. The van der Waals surface area contributed by atoms with E-state index in [1.807, 2.05) is 57.2 Å². The van der Waals surface area contributed by atoms with Crippen molar-refractivity contribution in [1.82, 2.24) is 49.7 Å². The summed E-state index contributed by atoms with van der Waals surface area (Å²) in [5.41, 5.74) is 11.0. The number of anilines is 3. The molecule has 81 heavy (non-hydrogen) atoms. The minimum atomic E-state index is -0.694. The number of benzene rings is 2. The van der Waals surface area contributed by atoms with Crippen LogP contribution in [-0.4, -0.2) is 111 Å². The van der Waals surface area contributed by atoms with Gasteiger partial charge in [-0.15, -0.1) is 0 Å². The molecule has 9 rings (SSSR count). The first-order chi connectivity index (χ1) is 38.7. The Hall–Kier alpha value is -8.18. The summed E-state index contributed by atoms with van der Waals surface area (Å²) < 4.78 is 39.4. The number of nitrogens with one attached hydrogen (secondary N) is 2. The molecule has 19 nitrogen and oxygen atoms in total. The first-order valence-corrected chi connectivity index (χ1v) is 28.1. The zero-order valence-corrected chi connectivity index (χ0v) is 48.2. The second-order valence-electron chi connectivity index (χ2n) is 21.4. The van der Waals surface area contributed by atoms with Crippen LogP contribution in [0.2, 0.25) is 0 Å². The number of ether oxygens (including phenoxy) is 2. The van der Waals surface area contributed by atoms with Crippen LogP contribution in [0, 0.1) is 23.5 Å². The van der Waals surface area contributed by atoms with Gasteiger partial charge in [0.2, 0.25) is 0 Å². The second-order valence-corrected chi connectivity index (χ2v) is 23.6. The van der Waals surface area contributed by atoms with Gasteiger partial charge in [0.15, 0.2) is 11.6 Å². The molecule has 2 amide bonds. The van der Waals surface area contributed by atoms with Crippen molar-refractivity contribution in [1.29, 1.82) is 0 Å². The predicted octanol–water partition coefficient (Wildman–Crippen LogP) is 11.0. The number of ketones is 1. The molecule has 8 aromatic rings. The van der Waals surface area contributed by atoms with Crippen LogP contribution in [0.15, 0.2) is 103 Å². The molecule has 23 heteroatoms. The number of nitrogens with two attached hydrogens (primary N) is 1. The minimum Gasteiger partial charge on any atom is -0.444 e. The van der Waals surface area contributed by atoms with Crippen molar-refractivity contribution in [2.24, 2.45) is 16.8 Å². The van der Waals surface area contributed by atoms with Crippen molar-refractivity contribution in [2.75, 3.05) is 42.5 Å². The fraction of sp³-hybridized carbons (Fsp3) is 0.379. The number of aromatic nitrogens is 8. The van der Waals surface area contributed by atoms with Crippen molar-refractivity contribution >= 4 is 90.1 Å². The summed E-state index contributed by atoms with van der Waals surface area (Å²) in [5.74, 6) is -0.226. The Kier molecular flexibility index (Phi) is 19.2. The van der Waals surface area contributed by atoms with Gasteiger partial charge >= 0.3 is 12.2 Å². The lowest BCUT2D eigenvalue weighted by atomic mass is 9.98. The number of aliphatic imine (C=N–C) groups is 1. The molecule has 0 saturated heterocycles. The summed E-state index contributed by atoms with van der Waals surface area (Å²) in [7, 11) is 0. The topological polar surface area (TPSA) is 242 Å². The van der Waals surface area contributed by atoms with Crippen molar-refractivity contribution in [3.05, 3.63) is 142 Å². The van der Waals surface area contributed by atoms with E-state index < -0.39 is 29.0 Å². The van der Waals surface area contributed by atoms with E-state index in [-0.39, 0.29) is 61.9 Å². The van der Waals surface area contributed by atoms with Crippen LogP contribution in [0.5, 0.6) is 0 Å². The highest BCUT2D eigenvalue weighted by molar-refractivity contribution is 7.18. The van der Waals surface area contributed by atoms with Gasteiger partial charge in [-0.05, 0) is 89.1 Å². The Bertz CT molecular complexity index is 3530. The Morgan fingerprint density at radius 2 is 1.17 bits per heavy atom. The fourth-order valence-electron chi connectivity index (χ4n) is 8.50. The lowest BCUT2D eigenvalue weighted by molar-refractivity contribution is -0.122. The van der Waals surface area contributed by atoms with Crippen LogP contribution in [0.4, 0.5) is 41.4 Å². The predicted molar refractivity (Wildman–Crippen MR) is 312 cm³/mol. The van der Waals surface area contributed by atoms with Crippen LogP contribution in [0.25, 0.3) is 20.7 Å². The Balaban J connectivity index is 0.000000212. The quantitative estimate of drug-likeness (QED) is 0.0601. The fourth-order valence-corrected chi connectivity index (χ4v) is 10.3. The molecular weight excluding hydrogens is 1070 g/mol. The van der Waals surface area contributed by atoms with E-state index in [4.69, 9.17) is 30.2 Å². The Morgan fingerprint density at radius 1 is 0.667 bits per heavy atom. The first-order valence-electron chi connectivity index (χ1n) is 26.5. The summed E-state index contributed by atoms with van der Waals surface area (Å²) in [5, 5.41) is 7.76. The number of para-hydroxylation sites is 2. The Morgan fingerprint density at radius 3 is 1.68 bits per heavy atom. The first kappa shape index (κ1) is 59.0. The van der Waals surface area contributed by atoms with Gasteiger partial charge in [0.1, 0.15) is 62.0 Å². The third kappa shape index (κ3) is 16.5. The van der Waals surface area contributed by atoms with Crippen molar-refractivity contribution < 1.29 is 32.6 Å². The number of rotatable bonds is 20. The molecule has 4 N–H and O–H groups in total. The monoisotopic (exact) mass is 1140 g/mol. The van der Waals surface area contributed by atoms with E-state index in [1.165, 1.54) is 65.3 Å². The second kappa shape index (κ2) is 26.4. The van der Waals surface area contributed by atoms with Crippen LogP contribution in [0.3, 0.4) is 0 Å². The number of pyridine rings is 2. The molecule has 2 unspecified atom stereocenters. The van der Waals surface area contributed by atoms with Crippen LogP contribution in [-0.2, 0) is 53.0 Å². The number of hydrogen-bond donors (Lipinski definition) is 3. The maximum Gasteiger partial charge on any atom is 0.410 e. The number of thiazole rings is 2. The van der Waals surface area contributed by atoms with Gasteiger partial charge in [0, 0.05) is 87.5 Å². The molecule has 1 aliphatic heterocycles. The zero-order valence-electron chi connectivity index (χ0n) is 46.6. The largest absolute Gasteiger partial charge is 0.444 e. The van der Waals surface area contributed by atoms with Gasteiger partial charge in [0.05, 0.1) is 40.2 Å². The number of amides is 2. The zero-order chi connectivity index (χ0) is 57.8. The number of carbonyl (C=O) groups excluding carboxylic acids is 3. The van der Waals surface area contributed by atoms with Gasteiger partial charge < -0.3 is 35.6 Å². The van der Waals surface area contributed by atoms with Crippen LogP contribution < -0.4 is 16.4 Å². The summed E-state index contributed by atoms with van der Waals surface area (Å²) in [4.78, 5) is 83.6. The lowest BCUT2D eigenvalue weighted by Crippen LogP contribution is -2.41. The Labute approximate surface area is 477 Å². The molecule has 7 heterocycles. The normalized spacial score (nSPS) is 12.9. The van der Waals surface area contributed by atoms with E-state index in [0.29, 0.717) is 69.6 Å². The van der Waals surface area contributed by atoms with Gasteiger partial charge in [-0.25, -0.2) is 48.3 Å². The van der Waals surface area contributed by atoms with Crippen molar-refractivity contribution in [3.63, 3.8) is 0 Å². The van der Waals surface area contributed by atoms with E-state index in [9.17, 15) is 23.2 Å². The summed E-state index contributed by atoms with van der Waals surface area (Å²) in [6.45, 7) is 16.6. The number of hydrogen-bond acceptors (Lipinski definition) is 19. The van der Waals surface area contributed by atoms with Crippen molar-refractivity contribution in [3.8, 4) is 0 Å². The molecule has 0 spiro atoms. The number of halogens is 2. The van der Waals surface area contributed by atoms with E-state index in [1.54, 1.807) is 55.8 Å². The van der Waals surface area contributed by atoms with E-state index >= 15 is 0 Å². The standard InChI is InChI=1S/C29H34FN7O3S.C29H32FN7O2S/c1-18(23(38)14-19-8-5-6-10-21(19)31)16-37(28(39)40-29(2,3)4)13-11-24-36-25-26(34-17-35-27(25)41-24)33-15-22-20(30)9-7-12-32-22;1-18(22-14-19-8-5-6-10-21(19)35-22)16-37(28(38)39-29(2,3)4)13-11-24-36-25-26(33-17-34-27(25)40-24)32-15-23-20(30)9-7-12-31-23/h5-10,12,17-18H,11,13-16,31H2,1-4H3,(H,33,34,35);5-10,12,17-18H,11,13-16H2,1-4H3,(H,32,33,34). The molecular formula is C58H66F2N14O5S2. The molecule has 6 aromatic heterocycles. The van der Waals surface area contributed by atoms with Gasteiger partial charge in [0.25, 0.3) is 0 Å². The van der Waals surface area contributed by atoms with Crippen LogP contribution in [0.1, 0.15) is 87.9 Å². The summed E-state index contributed by atoms with van der Waals surface area (Å²) >= 11 is 2.82. The summed E-state index contributed by atoms with van der Waals surface area (Å²) in [6, 6.07) is 21.2. The maximum atomic E-state index is 14.0. The molecule has 424 valence electrons.